The van der Waals surface area contributed by atoms with Crippen LogP contribution >= 0.6 is 0 Å². The van der Waals surface area contributed by atoms with Crippen LogP contribution in [0, 0.1) is 12.7 Å². The Morgan fingerprint density at radius 3 is 2.33 bits per heavy atom. The van der Waals surface area contributed by atoms with Gasteiger partial charge in [0, 0.05) is 34.9 Å². The molecule has 1 aliphatic carbocycles. The minimum Gasteiger partial charge on any atom is -0.474 e. The van der Waals surface area contributed by atoms with Gasteiger partial charge in [0.05, 0.1) is 12.2 Å². The summed E-state index contributed by atoms with van der Waals surface area (Å²) in [6.45, 7) is 12.6. The van der Waals surface area contributed by atoms with Crippen molar-refractivity contribution in [3.63, 3.8) is 0 Å². The molecule has 0 bridgehead atoms. The van der Waals surface area contributed by atoms with Gasteiger partial charge in [-0.25, -0.2) is 28.7 Å². The minimum absolute atomic E-state index is 0.0899. The molecule has 2 aromatic heterocycles. The van der Waals surface area contributed by atoms with Crippen molar-refractivity contribution < 1.29 is 33.0 Å². The predicted octanol–water partition coefficient (Wildman–Crippen LogP) is 6.90. The predicted molar refractivity (Wildman–Crippen MR) is 168 cm³/mol. The standard InChI is InChI=1S/C32H39FN6O6/c1-17-21(15-35-27-26(17)39(11-12-43-27)30(42)45-32(5,6)7)20-13-18-14-23(37-28(40)36-19-9-8-10-19)34-16-22(18)25(24(20)33)38-29(41)44-31(2,3)4/h13-16,19H,8-12H2,1-7H3,(H,38,41)(H2,34,36,37,40). The van der Waals surface area contributed by atoms with Gasteiger partial charge in [-0.15, -0.1) is 0 Å². The van der Waals surface area contributed by atoms with E-state index in [1.54, 1.807) is 60.6 Å². The summed E-state index contributed by atoms with van der Waals surface area (Å²) in [5.41, 5.74) is -0.414. The fraction of sp³-hybridized carbons (Fsp3) is 0.469. The van der Waals surface area contributed by atoms with Crippen LogP contribution in [0.15, 0.2) is 24.5 Å². The number of hydrogen-bond acceptors (Lipinski definition) is 8. The summed E-state index contributed by atoms with van der Waals surface area (Å²) >= 11 is 0. The number of halogens is 1. The van der Waals surface area contributed by atoms with E-state index in [-0.39, 0.29) is 47.5 Å². The monoisotopic (exact) mass is 622 g/mol. The number of nitrogens with zero attached hydrogens (tertiary/aromatic N) is 3. The number of fused-ring (bicyclic) bond motifs is 2. The molecule has 3 aromatic rings. The molecule has 5 rings (SSSR count). The Labute approximate surface area is 261 Å². The summed E-state index contributed by atoms with van der Waals surface area (Å²) in [6.07, 6.45) is 4.31. The van der Waals surface area contributed by atoms with Gasteiger partial charge in [-0.2, -0.15) is 0 Å². The Kier molecular flexibility index (Phi) is 8.47. The number of carbonyl (C=O) groups is 3. The molecule has 4 amide bonds. The lowest BCUT2D eigenvalue weighted by atomic mass is 9.93. The molecular weight excluding hydrogens is 583 g/mol. The van der Waals surface area contributed by atoms with Crippen molar-refractivity contribution in [3.05, 3.63) is 35.9 Å². The lowest BCUT2D eigenvalue weighted by molar-refractivity contribution is 0.0565. The summed E-state index contributed by atoms with van der Waals surface area (Å²) in [7, 11) is 0. The molecule has 12 nitrogen and oxygen atoms in total. The number of anilines is 3. The van der Waals surface area contributed by atoms with E-state index >= 15 is 4.39 Å². The second kappa shape index (κ2) is 12.0. The first kappa shape index (κ1) is 31.7. The van der Waals surface area contributed by atoms with Crippen molar-refractivity contribution in [1.29, 1.82) is 0 Å². The van der Waals surface area contributed by atoms with Crippen molar-refractivity contribution in [2.75, 3.05) is 28.7 Å². The van der Waals surface area contributed by atoms with Gasteiger partial charge in [0.25, 0.3) is 0 Å². The largest absolute Gasteiger partial charge is 0.474 e. The summed E-state index contributed by atoms with van der Waals surface area (Å²) in [5, 5.41) is 8.94. The molecule has 1 saturated carbocycles. The molecule has 1 aromatic carbocycles. The molecule has 240 valence electrons. The number of ether oxygens (including phenoxy) is 3. The second-order valence-electron chi connectivity index (χ2n) is 13.2. The highest BCUT2D eigenvalue weighted by Gasteiger charge is 2.32. The zero-order valence-electron chi connectivity index (χ0n) is 26.6. The van der Waals surface area contributed by atoms with E-state index in [0.29, 0.717) is 22.2 Å². The molecular formula is C32H39FN6O6. The first-order chi connectivity index (χ1) is 21.1. The van der Waals surface area contributed by atoms with Crippen LogP contribution in [0.3, 0.4) is 0 Å². The highest BCUT2D eigenvalue weighted by molar-refractivity contribution is 6.05. The van der Waals surface area contributed by atoms with Crippen LogP contribution in [0.2, 0.25) is 0 Å². The normalized spacial score (nSPS) is 15.0. The van der Waals surface area contributed by atoms with Crippen molar-refractivity contribution in [2.24, 2.45) is 0 Å². The third-order valence-corrected chi connectivity index (χ3v) is 7.27. The number of urea groups is 1. The fourth-order valence-corrected chi connectivity index (χ4v) is 5.06. The topological polar surface area (TPSA) is 144 Å². The van der Waals surface area contributed by atoms with Gasteiger partial charge in [-0.1, -0.05) is 0 Å². The molecule has 0 saturated heterocycles. The summed E-state index contributed by atoms with van der Waals surface area (Å²) in [5.74, 6) is -0.302. The summed E-state index contributed by atoms with van der Waals surface area (Å²) in [6, 6.07) is 2.91. The van der Waals surface area contributed by atoms with Crippen molar-refractivity contribution in [2.45, 2.75) is 85.0 Å². The van der Waals surface area contributed by atoms with Crippen molar-refractivity contribution in [1.82, 2.24) is 15.3 Å². The molecule has 0 spiro atoms. The maximum atomic E-state index is 16.5. The zero-order chi connectivity index (χ0) is 32.7. The molecule has 1 aliphatic heterocycles. The maximum absolute atomic E-state index is 16.5. The fourth-order valence-electron chi connectivity index (χ4n) is 5.06. The van der Waals surface area contributed by atoms with E-state index < -0.39 is 35.2 Å². The number of hydrogen-bond donors (Lipinski definition) is 3. The van der Waals surface area contributed by atoms with Crippen molar-refractivity contribution in [3.8, 4) is 17.0 Å². The van der Waals surface area contributed by atoms with E-state index in [1.165, 1.54) is 17.3 Å². The number of rotatable bonds is 4. The quantitative estimate of drug-likeness (QED) is 0.285. The SMILES string of the molecule is Cc1c(-c2cc3cc(NC(=O)NC4CCC4)ncc3c(NC(=O)OC(C)(C)C)c2F)cnc2c1N(C(=O)OC(C)(C)C)CCO2. The van der Waals surface area contributed by atoms with E-state index in [0.717, 1.165) is 19.3 Å². The van der Waals surface area contributed by atoms with Gasteiger partial charge >= 0.3 is 18.2 Å². The molecule has 2 aliphatic rings. The Morgan fingerprint density at radius 1 is 0.978 bits per heavy atom. The van der Waals surface area contributed by atoms with Gasteiger partial charge in [0.15, 0.2) is 5.82 Å². The molecule has 1 fully saturated rings. The van der Waals surface area contributed by atoms with Crippen LogP contribution in [0.1, 0.15) is 66.4 Å². The zero-order valence-corrected chi connectivity index (χ0v) is 26.6. The molecule has 0 atom stereocenters. The number of carbonyl (C=O) groups excluding carboxylic acids is 3. The van der Waals surface area contributed by atoms with Crippen molar-refractivity contribution >= 4 is 46.2 Å². The number of benzene rings is 1. The first-order valence-electron chi connectivity index (χ1n) is 14.9. The van der Waals surface area contributed by atoms with E-state index in [2.05, 4.69) is 25.9 Å². The van der Waals surface area contributed by atoms with E-state index in [9.17, 15) is 14.4 Å². The van der Waals surface area contributed by atoms with Gasteiger partial charge in [0.1, 0.15) is 29.3 Å². The average Bonchev–Trinajstić information content (AvgIpc) is 2.90. The highest BCUT2D eigenvalue weighted by atomic mass is 19.1. The Bertz CT molecular complexity index is 1660. The molecule has 13 heteroatoms. The first-order valence-corrected chi connectivity index (χ1v) is 14.9. The lowest BCUT2D eigenvalue weighted by Gasteiger charge is -2.32. The summed E-state index contributed by atoms with van der Waals surface area (Å²) in [4.78, 5) is 48.7. The number of pyridine rings is 2. The molecule has 45 heavy (non-hydrogen) atoms. The minimum atomic E-state index is -0.855. The van der Waals surface area contributed by atoms with E-state index in [4.69, 9.17) is 14.2 Å². The number of nitrogens with one attached hydrogen (secondary N) is 3. The molecule has 0 radical (unpaired) electrons. The lowest BCUT2D eigenvalue weighted by Crippen LogP contribution is -2.42. The average molecular weight is 623 g/mol. The van der Waals surface area contributed by atoms with Crippen LogP contribution in [-0.2, 0) is 9.47 Å². The van der Waals surface area contributed by atoms with Crippen LogP contribution in [0.4, 0.5) is 36.0 Å². The Morgan fingerprint density at radius 2 is 1.69 bits per heavy atom. The Balaban J connectivity index is 1.61. The second-order valence-corrected chi connectivity index (χ2v) is 13.2. The third kappa shape index (κ3) is 7.18. The van der Waals surface area contributed by atoms with Gasteiger partial charge < -0.3 is 19.5 Å². The molecule has 3 heterocycles. The van der Waals surface area contributed by atoms with Gasteiger partial charge in [-0.05, 0) is 90.8 Å². The number of aromatic nitrogens is 2. The van der Waals surface area contributed by atoms with Crippen LogP contribution in [0.25, 0.3) is 21.9 Å². The summed E-state index contributed by atoms with van der Waals surface area (Å²) < 4.78 is 33.3. The Hall–Kier alpha value is -4.68. The highest BCUT2D eigenvalue weighted by Crippen LogP contribution is 2.42. The molecule has 0 unspecified atom stereocenters. The van der Waals surface area contributed by atoms with Crippen LogP contribution in [0.5, 0.6) is 5.88 Å². The van der Waals surface area contributed by atoms with Crippen LogP contribution in [-0.4, -0.2) is 58.6 Å². The van der Waals surface area contributed by atoms with Gasteiger partial charge in [-0.3, -0.25) is 15.5 Å². The number of amides is 4. The van der Waals surface area contributed by atoms with Gasteiger partial charge in [0.2, 0.25) is 5.88 Å². The van der Waals surface area contributed by atoms with Crippen LogP contribution < -0.4 is 25.6 Å². The smallest absolute Gasteiger partial charge is 0.415 e. The van der Waals surface area contributed by atoms with E-state index in [1.807, 2.05) is 0 Å². The molecule has 3 N–H and O–H groups in total. The third-order valence-electron chi connectivity index (χ3n) is 7.27. The maximum Gasteiger partial charge on any atom is 0.415 e.